The predicted octanol–water partition coefficient (Wildman–Crippen LogP) is 0.674. The van der Waals surface area contributed by atoms with Crippen LogP contribution in [0.5, 0.6) is 0 Å². The fraction of sp³-hybridized carbons (Fsp3) is 0.800. The molecule has 5 nitrogen and oxygen atoms in total. The topological polar surface area (TPSA) is 87.7 Å². The molecule has 1 amide bonds. The monoisotopic (exact) mass is 213 g/mol. The first-order chi connectivity index (χ1) is 7.10. The minimum Gasteiger partial charge on any atom is -0.409 e. The molecule has 0 aliphatic heterocycles. The largest absolute Gasteiger partial charge is 0.409 e. The third kappa shape index (κ3) is 3.11. The highest BCUT2D eigenvalue weighted by Gasteiger charge is 2.31. The standard InChI is InChI=1S/C10H19N3O2/c1-3-8(9(11)13-15)10(14)12-6(2)7-4-5-7/h6-8,15H,3-5H2,1-2H3,(H2,11,13)(H,12,14). The van der Waals surface area contributed by atoms with Crippen molar-refractivity contribution in [2.75, 3.05) is 0 Å². The van der Waals surface area contributed by atoms with Gasteiger partial charge in [-0.1, -0.05) is 12.1 Å². The van der Waals surface area contributed by atoms with Crippen molar-refractivity contribution in [2.45, 2.75) is 39.2 Å². The van der Waals surface area contributed by atoms with Crippen LogP contribution in [-0.2, 0) is 4.79 Å². The zero-order chi connectivity index (χ0) is 11.4. The Kier molecular flexibility index (Phi) is 3.94. The molecule has 0 aromatic carbocycles. The first kappa shape index (κ1) is 11.8. The maximum absolute atomic E-state index is 11.7. The number of oxime groups is 1. The van der Waals surface area contributed by atoms with E-state index in [1.807, 2.05) is 13.8 Å². The van der Waals surface area contributed by atoms with Crippen LogP contribution in [0.3, 0.4) is 0 Å². The quantitative estimate of drug-likeness (QED) is 0.271. The predicted molar refractivity (Wildman–Crippen MR) is 57.5 cm³/mol. The van der Waals surface area contributed by atoms with Crippen molar-refractivity contribution in [1.82, 2.24) is 5.32 Å². The lowest BCUT2D eigenvalue weighted by molar-refractivity contribution is -0.123. The minimum atomic E-state index is -0.517. The number of carbonyl (C=O) groups is 1. The van der Waals surface area contributed by atoms with Gasteiger partial charge in [-0.05, 0) is 32.1 Å². The van der Waals surface area contributed by atoms with Gasteiger partial charge in [-0.25, -0.2) is 0 Å². The van der Waals surface area contributed by atoms with Crippen LogP contribution in [0, 0.1) is 11.8 Å². The summed E-state index contributed by atoms with van der Waals surface area (Å²) in [6.45, 7) is 3.83. The van der Waals surface area contributed by atoms with E-state index >= 15 is 0 Å². The molecule has 0 saturated heterocycles. The highest BCUT2D eigenvalue weighted by molar-refractivity contribution is 6.02. The van der Waals surface area contributed by atoms with Crippen molar-refractivity contribution in [1.29, 1.82) is 0 Å². The highest BCUT2D eigenvalue weighted by Crippen LogP contribution is 2.32. The second-order valence-corrected chi connectivity index (χ2v) is 4.12. The summed E-state index contributed by atoms with van der Waals surface area (Å²) in [7, 11) is 0. The summed E-state index contributed by atoms with van der Waals surface area (Å²) in [5, 5.41) is 14.3. The molecular formula is C10H19N3O2. The van der Waals surface area contributed by atoms with Crippen LogP contribution in [0.15, 0.2) is 5.16 Å². The van der Waals surface area contributed by atoms with E-state index in [0.717, 1.165) is 0 Å². The molecule has 0 aromatic rings. The number of carbonyl (C=O) groups excluding carboxylic acids is 1. The Morgan fingerprint density at radius 1 is 1.67 bits per heavy atom. The summed E-state index contributed by atoms with van der Waals surface area (Å²) in [6.07, 6.45) is 2.91. The fourth-order valence-corrected chi connectivity index (χ4v) is 1.64. The molecule has 0 heterocycles. The Hall–Kier alpha value is -1.26. The zero-order valence-electron chi connectivity index (χ0n) is 9.23. The third-order valence-electron chi connectivity index (χ3n) is 2.90. The van der Waals surface area contributed by atoms with Gasteiger partial charge >= 0.3 is 0 Å². The highest BCUT2D eigenvalue weighted by atomic mass is 16.4. The Morgan fingerprint density at radius 2 is 2.27 bits per heavy atom. The van der Waals surface area contributed by atoms with E-state index in [9.17, 15) is 4.79 Å². The van der Waals surface area contributed by atoms with E-state index in [1.165, 1.54) is 12.8 Å². The van der Waals surface area contributed by atoms with Gasteiger partial charge in [0.15, 0.2) is 5.84 Å². The van der Waals surface area contributed by atoms with E-state index in [-0.39, 0.29) is 17.8 Å². The number of hydrogen-bond acceptors (Lipinski definition) is 3. The second-order valence-electron chi connectivity index (χ2n) is 4.12. The van der Waals surface area contributed by atoms with Gasteiger partial charge < -0.3 is 16.3 Å². The molecule has 2 unspecified atom stereocenters. The van der Waals surface area contributed by atoms with Crippen molar-refractivity contribution >= 4 is 11.7 Å². The van der Waals surface area contributed by atoms with Crippen LogP contribution in [0.1, 0.15) is 33.1 Å². The van der Waals surface area contributed by atoms with Crippen molar-refractivity contribution in [3.8, 4) is 0 Å². The molecule has 1 rings (SSSR count). The molecule has 1 aliphatic rings. The molecule has 4 N–H and O–H groups in total. The Morgan fingerprint density at radius 3 is 2.67 bits per heavy atom. The molecular weight excluding hydrogens is 194 g/mol. The van der Waals surface area contributed by atoms with Gasteiger partial charge in [0.1, 0.15) is 0 Å². The van der Waals surface area contributed by atoms with Crippen molar-refractivity contribution < 1.29 is 10.0 Å². The van der Waals surface area contributed by atoms with Crippen LogP contribution in [0.2, 0.25) is 0 Å². The van der Waals surface area contributed by atoms with Crippen LogP contribution in [0.25, 0.3) is 0 Å². The van der Waals surface area contributed by atoms with Gasteiger partial charge in [-0.2, -0.15) is 0 Å². The maximum Gasteiger partial charge on any atom is 0.231 e. The zero-order valence-corrected chi connectivity index (χ0v) is 9.23. The van der Waals surface area contributed by atoms with Gasteiger partial charge in [0.25, 0.3) is 0 Å². The van der Waals surface area contributed by atoms with Gasteiger partial charge in [0, 0.05) is 6.04 Å². The summed E-state index contributed by atoms with van der Waals surface area (Å²) in [5.74, 6) is -0.0693. The second kappa shape index (κ2) is 5.00. The van der Waals surface area contributed by atoms with E-state index < -0.39 is 5.92 Å². The summed E-state index contributed by atoms with van der Waals surface area (Å²) in [6, 6.07) is 0.193. The van der Waals surface area contributed by atoms with Gasteiger partial charge in [-0.3, -0.25) is 4.79 Å². The average molecular weight is 213 g/mol. The number of amides is 1. The molecule has 0 aromatic heterocycles. The number of hydrogen-bond donors (Lipinski definition) is 3. The lowest BCUT2D eigenvalue weighted by atomic mass is 10.0. The molecule has 2 atom stereocenters. The molecule has 0 radical (unpaired) electrons. The van der Waals surface area contributed by atoms with Crippen molar-refractivity contribution in [3.63, 3.8) is 0 Å². The molecule has 0 spiro atoms. The van der Waals surface area contributed by atoms with Gasteiger partial charge in [-0.15, -0.1) is 0 Å². The Balaban J connectivity index is 2.48. The van der Waals surface area contributed by atoms with Crippen LogP contribution < -0.4 is 11.1 Å². The fourth-order valence-electron chi connectivity index (χ4n) is 1.64. The average Bonchev–Trinajstić information content (AvgIpc) is 3.01. The number of amidine groups is 1. The number of nitrogens with zero attached hydrogens (tertiary/aromatic N) is 1. The van der Waals surface area contributed by atoms with Gasteiger partial charge in [0.05, 0.1) is 5.92 Å². The number of rotatable bonds is 5. The lowest BCUT2D eigenvalue weighted by Gasteiger charge is -2.17. The SMILES string of the molecule is CCC(C(=O)NC(C)C1CC1)C(N)=NO. The maximum atomic E-state index is 11.7. The molecule has 1 aliphatic carbocycles. The minimum absolute atomic E-state index is 0.0157. The molecule has 86 valence electrons. The van der Waals surface area contributed by atoms with Crippen LogP contribution >= 0.6 is 0 Å². The summed E-state index contributed by atoms with van der Waals surface area (Å²) < 4.78 is 0. The Bertz CT molecular complexity index is 261. The molecule has 1 saturated carbocycles. The summed E-state index contributed by atoms with van der Waals surface area (Å²) in [4.78, 5) is 11.7. The summed E-state index contributed by atoms with van der Waals surface area (Å²) >= 11 is 0. The third-order valence-corrected chi connectivity index (χ3v) is 2.90. The lowest BCUT2D eigenvalue weighted by Crippen LogP contribution is -2.43. The van der Waals surface area contributed by atoms with E-state index in [0.29, 0.717) is 12.3 Å². The van der Waals surface area contributed by atoms with E-state index in [2.05, 4.69) is 10.5 Å². The van der Waals surface area contributed by atoms with Crippen molar-refractivity contribution in [3.05, 3.63) is 0 Å². The molecule has 0 bridgehead atoms. The number of nitrogens with one attached hydrogen (secondary N) is 1. The summed E-state index contributed by atoms with van der Waals surface area (Å²) in [5.41, 5.74) is 5.44. The van der Waals surface area contributed by atoms with E-state index in [4.69, 9.17) is 10.9 Å². The first-order valence-electron chi connectivity index (χ1n) is 5.37. The van der Waals surface area contributed by atoms with Crippen LogP contribution in [-0.4, -0.2) is 23.0 Å². The first-order valence-corrected chi connectivity index (χ1v) is 5.37. The Labute approximate surface area is 89.7 Å². The van der Waals surface area contributed by atoms with Crippen LogP contribution in [0.4, 0.5) is 0 Å². The van der Waals surface area contributed by atoms with Gasteiger partial charge in [0.2, 0.25) is 5.91 Å². The molecule has 5 heteroatoms. The van der Waals surface area contributed by atoms with E-state index in [1.54, 1.807) is 0 Å². The van der Waals surface area contributed by atoms with Crippen molar-refractivity contribution in [2.24, 2.45) is 22.7 Å². The normalized spacial score (nSPS) is 20.8. The molecule has 1 fully saturated rings. The number of nitrogens with two attached hydrogens (primary N) is 1. The smallest absolute Gasteiger partial charge is 0.231 e. The molecule has 15 heavy (non-hydrogen) atoms.